The van der Waals surface area contributed by atoms with Crippen LogP contribution in [0.5, 0.6) is 0 Å². The number of hydrogen-bond donors (Lipinski definition) is 2. The Morgan fingerprint density at radius 1 is 1.37 bits per heavy atom. The molecule has 0 heterocycles. The van der Waals surface area contributed by atoms with Crippen LogP contribution in [0.4, 0.5) is 0 Å². The first kappa shape index (κ1) is 16.5. The van der Waals surface area contributed by atoms with Crippen LogP contribution in [-0.2, 0) is 4.79 Å². The molecule has 108 valence electrons. The number of carbonyl (C=O) groups excluding carboxylic acids is 1. The number of rotatable bonds is 6. The lowest BCUT2D eigenvalue weighted by Crippen LogP contribution is -2.49. The molecule has 0 amide bonds. The Bertz CT molecular complexity index is 371. The van der Waals surface area contributed by atoms with Crippen molar-refractivity contribution in [1.29, 1.82) is 0 Å². The van der Waals surface area contributed by atoms with Gasteiger partial charge in [-0.2, -0.15) is 12.6 Å². The number of Topliss-reactive ketones (excluding diaryl/α,β-unsaturated/α-hetero) is 1. The molecule has 19 heavy (non-hydrogen) atoms. The number of ketones is 1. The molecule has 0 aliphatic heterocycles. The molecule has 0 saturated carbocycles. The van der Waals surface area contributed by atoms with Crippen molar-refractivity contribution in [3.8, 4) is 0 Å². The molecule has 2 nitrogen and oxygen atoms in total. The summed E-state index contributed by atoms with van der Waals surface area (Å²) >= 11 is 4.73. The van der Waals surface area contributed by atoms with Gasteiger partial charge in [0.15, 0.2) is 5.78 Å². The van der Waals surface area contributed by atoms with Crippen molar-refractivity contribution < 1.29 is 4.79 Å². The summed E-state index contributed by atoms with van der Waals surface area (Å²) in [6.45, 7) is 10.2. The molecule has 1 rings (SSSR count). The number of nitrogens with one attached hydrogen (secondary N) is 1. The third-order valence-electron chi connectivity index (χ3n) is 3.39. The maximum absolute atomic E-state index is 12.4. The number of thiol groups is 1. The summed E-state index contributed by atoms with van der Waals surface area (Å²) in [5.74, 6) is 0.809. The first-order chi connectivity index (χ1) is 8.82. The average molecular weight is 281 g/mol. The Hall–Kier alpha value is -0.540. The van der Waals surface area contributed by atoms with Gasteiger partial charge in [-0.25, -0.2) is 0 Å². The van der Waals surface area contributed by atoms with Crippen LogP contribution < -0.4 is 5.32 Å². The van der Waals surface area contributed by atoms with Gasteiger partial charge < -0.3 is 5.32 Å². The highest BCUT2D eigenvalue weighted by molar-refractivity contribution is 7.81. The van der Waals surface area contributed by atoms with Crippen molar-refractivity contribution in [1.82, 2.24) is 5.32 Å². The molecule has 3 unspecified atom stereocenters. The SMILES string of the molecule is CC1C=CC=C(C(S)C(NC(C)C)C(=O)C(C)C)C1. The van der Waals surface area contributed by atoms with Gasteiger partial charge in [-0.1, -0.05) is 58.4 Å². The van der Waals surface area contributed by atoms with Crippen LogP contribution in [-0.4, -0.2) is 23.1 Å². The number of allylic oxidation sites excluding steroid dienone is 3. The van der Waals surface area contributed by atoms with Gasteiger partial charge >= 0.3 is 0 Å². The maximum Gasteiger partial charge on any atom is 0.153 e. The van der Waals surface area contributed by atoms with E-state index in [0.29, 0.717) is 5.92 Å². The molecule has 3 atom stereocenters. The molecule has 0 aromatic rings. The van der Waals surface area contributed by atoms with E-state index in [1.54, 1.807) is 0 Å². The highest BCUT2D eigenvalue weighted by Crippen LogP contribution is 2.27. The van der Waals surface area contributed by atoms with Crippen molar-refractivity contribution in [2.45, 2.75) is 58.4 Å². The van der Waals surface area contributed by atoms with E-state index < -0.39 is 0 Å². The smallest absolute Gasteiger partial charge is 0.153 e. The van der Waals surface area contributed by atoms with Gasteiger partial charge in [-0.3, -0.25) is 4.79 Å². The highest BCUT2D eigenvalue weighted by atomic mass is 32.1. The Kier molecular flexibility index (Phi) is 6.34. The molecule has 0 radical (unpaired) electrons. The second kappa shape index (κ2) is 7.30. The van der Waals surface area contributed by atoms with Crippen molar-refractivity contribution in [3.05, 3.63) is 23.8 Å². The van der Waals surface area contributed by atoms with E-state index in [2.05, 4.69) is 44.3 Å². The first-order valence-corrected chi connectivity index (χ1v) is 7.69. The minimum atomic E-state index is -0.201. The van der Waals surface area contributed by atoms with Crippen LogP contribution in [0.2, 0.25) is 0 Å². The predicted molar refractivity (Wildman–Crippen MR) is 85.7 cm³/mol. The Balaban J connectivity index is 2.88. The van der Waals surface area contributed by atoms with E-state index in [0.717, 1.165) is 6.42 Å². The monoisotopic (exact) mass is 281 g/mol. The summed E-state index contributed by atoms with van der Waals surface area (Å²) in [7, 11) is 0. The zero-order valence-corrected chi connectivity index (χ0v) is 13.6. The molecule has 0 spiro atoms. The van der Waals surface area contributed by atoms with E-state index in [1.807, 2.05) is 13.8 Å². The highest BCUT2D eigenvalue weighted by Gasteiger charge is 2.30. The second-order valence-electron chi connectivity index (χ2n) is 6.11. The van der Waals surface area contributed by atoms with Crippen LogP contribution in [0.3, 0.4) is 0 Å². The normalized spacial score (nSPS) is 22.5. The fourth-order valence-electron chi connectivity index (χ4n) is 2.36. The fraction of sp³-hybridized carbons (Fsp3) is 0.688. The second-order valence-corrected chi connectivity index (χ2v) is 6.67. The van der Waals surface area contributed by atoms with Crippen molar-refractivity contribution in [3.63, 3.8) is 0 Å². The minimum Gasteiger partial charge on any atom is -0.304 e. The maximum atomic E-state index is 12.4. The molecular weight excluding hydrogens is 254 g/mol. The zero-order chi connectivity index (χ0) is 14.6. The van der Waals surface area contributed by atoms with Gasteiger partial charge in [0.25, 0.3) is 0 Å². The molecule has 0 aromatic heterocycles. The lowest BCUT2D eigenvalue weighted by atomic mass is 9.88. The third-order valence-corrected chi connectivity index (χ3v) is 4.02. The average Bonchev–Trinajstić information content (AvgIpc) is 2.34. The van der Waals surface area contributed by atoms with E-state index in [9.17, 15) is 4.79 Å². The lowest BCUT2D eigenvalue weighted by molar-refractivity contribution is -0.124. The predicted octanol–water partition coefficient (Wildman–Crippen LogP) is 3.40. The van der Waals surface area contributed by atoms with E-state index in [1.165, 1.54) is 5.57 Å². The lowest BCUT2D eigenvalue weighted by Gasteiger charge is -2.30. The topological polar surface area (TPSA) is 29.1 Å². The molecule has 1 aliphatic rings. The fourth-order valence-corrected chi connectivity index (χ4v) is 2.78. The zero-order valence-electron chi connectivity index (χ0n) is 12.7. The Labute approximate surface area is 123 Å². The number of hydrogen-bond acceptors (Lipinski definition) is 3. The summed E-state index contributed by atoms with van der Waals surface area (Å²) in [5.41, 5.74) is 1.26. The molecule has 1 aliphatic carbocycles. The summed E-state index contributed by atoms with van der Waals surface area (Å²) in [4.78, 5) is 12.4. The quantitative estimate of drug-likeness (QED) is 0.731. The van der Waals surface area contributed by atoms with Crippen molar-refractivity contribution >= 4 is 18.4 Å². The van der Waals surface area contributed by atoms with Crippen LogP contribution in [0.1, 0.15) is 41.0 Å². The standard InChI is InChI=1S/C16H27NOS/c1-10(2)15(18)14(17-11(3)4)16(19)13-8-6-7-12(5)9-13/h6-8,10-12,14,16-17,19H,9H2,1-5H3. The summed E-state index contributed by atoms with van der Waals surface area (Å²) < 4.78 is 0. The molecule has 3 heteroatoms. The largest absolute Gasteiger partial charge is 0.304 e. The molecular formula is C16H27NOS. The van der Waals surface area contributed by atoms with Crippen LogP contribution in [0, 0.1) is 11.8 Å². The molecule has 1 N–H and O–H groups in total. The van der Waals surface area contributed by atoms with Crippen LogP contribution in [0.15, 0.2) is 23.8 Å². The van der Waals surface area contributed by atoms with Crippen LogP contribution >= 0.6 is 12.6 Å². The van der Waals surface area contributed by atoms with Crippen molar-refractivity contribution in [2.24, 2.45) is 11.8 Å². The van der Waals surface area contributed by atoms with Gasteiger partial charge in [0.05, 0.1) is 6.04 Å². The summed E-state index contributed by atoms with van der Waals surface area (Å²) in [6, 6.07) is 0.0767. The van der Waals surface area contributed by atoms with E-state index in [-0.39, 0.29) is 29.0 Å². The first-order valence-electron chi connectivity index (χ1n) is 7.18. The Morgan fingerprint density at radius 3 is 2.47 bits per heavy atom. The van der Waals surface area contributed by atoms with Gasteiger partial charge in [0, 0.05) is 17.2 Å². The summed E-state index contributed by atoms with van der Waals surface area (Å²) in [5, 5.41) is 3.34. The van der Waals surface area contributed by atoms with Crippen molar-refractivity contribution in [2.75, 3.05) is 0 Å². The molecule has 0 fully saturated rings. The van der Waals surface area contributed by atoms with Gasteiger partial charge in [-0.05, 0) is 12.3 Å². The number of carbonyl (C=O) groups is 1. The third kappa shape index (κ3) is 4.81. The van der Waals surface area contributed by atoms with Crippen LogP contribution in [0.25, 0.3) is 0 Å². The van der Waals surface area contributed by atoms with E-state index >= 15 is 0 Å². The van der Waals surface area contributed by atoms with Gasteiger partial charge in [0.1, 0.15) is 0 Å². The molecule has 0 aromatic carbocycles. The Morgan fingerprint density at radius 2 is 2.00 bits per heavy atom. The van der Waals surface area contributed by atoms with Gasteiger partial charge in [-0.15, -0.1) is 0 Å². The molecule has 0 saturated heterocycles. The minimum absolute atomic E-state index is 0.0306. The van der Waals surface area contributed by atoms with E-state index in [4.69, 9.17) is 12.6 Å². The molecule has 0 bridgehead atoms. The van der Waals surface area contributed by atoms with Gasteiger partial charge in [0.2, 0.25) is 0 Å². The summed E-state index contributed by atoms with van der Waals surface area (Å²) in [6.07, 6.45) is 7.38.